The maximum Gasteiger partial charge on any atom is 0.358 e. The maximum atomic E-state index is 11.6. The van der Waals surface area contributed by atoms with Crippen LogP contribution in [0, 0.1) is 6.92 Å². The molecule has 5 nitrogen and oxygen atoms in total. The molecule has 3 aromatic rings. The van der Waals surface area contributed by atoms with E-state index in [-0.39, 0.29) is 0 Å². The van der Waals surface area contributed by atoms with Crippen molar-refractivity contribution < 1.29 is 9.53 Å². The minimum atomic E-state index is -0.426. The van der Waals surface area contributed by atoms with Gasteiger partial charge in [0.25, 0.3) is 0 Å². The number of carbonyl (C=O) groups is 1. The third kappa shape index (κ3) is 1.79. The third-order valence-electron chi connectivity index (χ3n) is 3.42. The number of H-pyrrole nitrogens is 1. The van der Waals surface area contributed by atoms with E-state index in [1.165, 1.54) is 7.11 Å². The van der Waals surface area contributed by atoms with Crippen molar-refractivity contribution >= 4 is 16.9 Å². The van der Waals surface area contributed by atoms with Crippen molar-refractivity contribution in [2.45, 2.75) is 6.92 Å². The largest absolute Gasteiger partial charge is 0.464 e. The monoisotopic (exact) mass is 269 g/mol. The van der Waals surface area contributed by atoms with Crippen molar-refractivity contribution in [1.29, 1.82) is 0 Å². The predicted molar refractivity (Wildman–Crippen MR) is 76.6 cm³/mol. The zero-order valence-corrected chi connectivity index (χ0v) is 11.6. The van der Waals surface area contributed by atoms with E-state index < -0.39 is 5.97 Å². The first-order chi connectivity index (χ1) is 9.61. The van der Waals surface area contributed by atoms with Crippen LogP contribution in [0.1, 0.15) is 16.2 Å². The molecule has 102 valence electrons. The number of para-hydroxylation sites is 1. The van der Waals surface area contributed by atoms with E-state index in [9.17, 15) is 4.79 Å². The lowest BCUT2D eigenvalue weighted by Gasteiger charge is -1.94. The molecule has 1 aromatic carbocycles. The molecule has 0 unspecified atom stereocenters. The molecule has 0 saturated heterocycles. The Morgan fingerprint density at radius 3 is 2.85 bits per heavy atom. The van der Waals surface area contributed by atoms with Crippen LogP contribution in [0.2, 0.25) is 0 Å². The molecule has 0 spiro atoms. The highest BCUT2D eigenvalue weighted by Crippen LogP contribution is 2.28. The average Bonchev–Trinajstić information content (AvgIpc) is 3.00. The minimum Gasteiger partial charge on any atom is -0.464 e. The van der Waals surface area contributed by atoms with Gasteiger partial charge in [0, 0.05) is 35.4 Å². The van der Waals surface area contributed by atoms with Crippen LogP contribution < -0.4 is 0 Å². The number of hydrogen-bond acceptors (Lipinski definition) is 3. The van der Waals surface area contributed by atoms with Crippen molar-refractivity contribution in [3.8, 4) is 11.4 Å². The number of carbonyl (C=O) groups excluding carboxylic acids is 1. The number of benzene rings is 1. The Labute approximate surface area is 116 Å². The highest BCUT2D eigenvalue weighted by molar-refractivity contribution is 5.95. The Hall–Kier alpha value is -2.56. The lowest BCUT2D eigenvalue weighted by atomic mass is 10.2. The van der Waals surface area contributed by atoms with E-state index in [1.807, 2.05) is 42.9 Å². The van der Waals surface area contributed by atoms with Crippen molar-refractivity contribution in [1.82, 2.24) is 14.5 Å². The van der Waals surface area contributed by atoms with Crippen LogP contribution in [-0.4, -0.2) is 27.6 Å². The number of imidazole rings is 1. The quantitative estimate of drug-likeness (QED) is 0.728. The van der Waals surface area contributed by atoms with Crippen molar-refractivity contribution in [3.05, 3.63) is 41.9 Å². The summed E-state index contributed by atoms with van der Waals surface area (Å²) in [4.78, 5) is 19.2. The van der Waals surface area contributed by atoms with Crippen molar-refractivity contribution in [2.24, 2.45) is 7.05 Å². The number of ether oxygens (including phenoxy) is 1. The molecule has 0 bridgehead atoms. The Balaban J connectivity index is 2.19. The molecule has 0 radical (unpaired) electrons. The summed E-state index contributed by atoms with van der Waals surface area (Å²) in [5.74, 6) is 0.255. The van der Waals surface area contributed by atoms with E-state index in [0.29, 0.717) is 17.2 Å². The fourth-order valence-electron chi connectivity index (χ4n) is 2.41. The second-order valence-electron chi connectivity index (χ2n) is 4.72. The molecule has 0 aliphatic heterocycles. The van der Waals surface area contributed by atoms with Gasteiger partial charge in [-0.15, -0.1) is 0 Å². The van der Waals surface area contributed by atoms with Gasteiger partial charge in [-0.25, -0.2) is 9.78 Å². The number of nitrogens with one attached hydrogen (secondary N) is 1. The van der Waals surface area contributed by atoms with Gasteiger partial charge in [0.2, 0.25) is 0 Å². The van der Waals surface area contributed by atoms with Gasteiger partial charge in [0.1, 0.15) is 5.82 Å². The number of esters is 1. The Morgan fingerprint density at radius 2 is 2.10 bits per heavy atom. The number of fused-ring (bicyclic) bond motifs is 1. The summed E-state index contributed by atoms with van der Waals surface area (Å²) in [6, 6.07) is 8.08. The molecule has 3 rings (SSSR count). The van der Waals surface area contributed by atoms with Crippen molar-refractivity contribution in [3.63, 3.8) is 0 Å². The van der Waals surface area contributed by atoms with E-state index >= 15 is 0 Å². The van der Waals surface area contributed by atoms with Crippen LogP contribution in [0.25, 0.3) is 22.3 Å². The molecule has 0 fully saturated rings. The van der Waals surface area contributed by atoms with Gasteiger partial charge in [0.15, 0.2) is 5.69 Å². The van der Waals surface area contributed by atoms with Gasteiger partial charge in [-0.1, -0.05) is 18.2 Å². The highest BCUT2D eigenvalue weighted by atomic mass is 16.5. The van der Waals surface area contributed by atoms with Gasteiger partial charge in [-0.3, -0.25) is 0 Å². The van der Waals surface area contributed by atoms with E-state index in [0.717, 1.165) is 16.5 Å². The molecule has 5 heteroatoms. The summed E-state index contributed by atoms with van der Waals surface area (Å²) in [6.07, 6.45) is 2.00. The second kappa shape index (κ2) is 4.52. The first-order valence-corrected chi connectivity index (χ1v) is 6.31. The van der Waals surface area contributed by atoms with Crippen LogP contribution in [0.5, 0.6) is 0 Å². The highest BCUT2D eigenvalue weighted by Gasteiger charge is 2.18. The number of aromatic nitrogens is 3. The molecule has 0 aliphatic carbocycles. The molecule has 0 aliphatic rings. The number of nitrogens with zero attached hydrogens (tertiary/aromatic N) is 2. The molecule has 2 aromatic heterocycles. The molecular weight excluding hydrogens is 254 g/mol. The lowest BCUT2D eigenvalue weighted by Crippen LogP contribution is -2.03. The summed E-state index contributed by atoms with van der Waals surface area (Å²) in [5, 5.41) is 1.10. The molecule has 0 amide bonds. The topological polar surface area (TPSA) is 59.9 Å². The smallest absolute Gasteiger partial charge is 0.358 e. The lowest BCUT2D eigenvalue weighted by molar-refractivity contribution is 0.0594. The summed E-state index contributed by atoms with van der Waals surface area (Å²) in [7, 11) is 3.34. The number of aryl methyl sites for hydroxylation is 2. The van der Waals surface area contributed by atoms with Gasteiger partial charge < -0.3 is 14.3 Å². The van der Waals surface area contributed by atoms with Gasteiger partial charge >= 0.3 is 5.97 Å². The fraction of sp³-hybridized carbons (Fsp3) is 0.200. The summed E-state index contributed by atoms with van der Waals surface area (Å²) in [5.41, 5.74) is 3.13. The summed E-state index contributed by atoms with van der Waals surface area (Å²) in [6.45, 7) is 1.81. The third-order valence-corrected chi connectivity index (χ3v) is 3.42. The molecule has 0 atom stereocenters. The van der Waals surface area contributed by atoms with Gasteiger partial charge in [0.05, 0.1) is 7.11 Å². The number of methoxy groups -OCH3 is 1. The van der Waals surface area contributed by atoms with E-state index in [4.69, 9.17) is 4.74 Å². The molecule has 20 heavy (non-hydrogen) atoms. The maximum absolute atomic E-state index is 11.6. The van der Waals surface area contributed by atoms with Crippen LogP contribution in [0.4, 0.5) is 0 Å². The number of hydrogen-bond donors (Lipinski definition) is 1. The van der Waals surface area contributed by atoms with Crippen molar-refractivity contribution in [2.75, 3.05) is 7.11 Å². The normalized spacial score (nSPS) is 10.9. The zero-order chi connectivity index (χ0) is 14.3. The molecule has 1 N–H and O–H groups in total. The SMILES string of the molecule is COC(=O)c1nc(-c2cn(C)c3ccccc23)[nH]c1C. The predicted octanol–water partition coefficient (Wildman–Crippen LogP) is 2.66. The Bertz CT molecular complexity index is 799. The zero-order valence-electron chi connectivity index (χ0n) is 11.6. The Kier molecular flexibility index (Phi) is 2.82. The van der Waals surface area contributed by atoms with Crippen LogP contribution >= 0.6 is 0 Å². The van der Waals surface area contributed by atoms with E-state index in [2.05, 4.69) is 16.0 Å². The van der Waals surface area contributed by atoms with Crippen LogP contribution in [0.3, 0.4) is 0 Å². The van der Waals surface area contributed by atoms with Gasteiger partial charge in [-0.2, -0.15) is 0 Å². The summed E-state index contributed by atoms with van der Waals surface area (Å²) < 4.78 is 6.77. The first-order valence-electron chi connectivity index (χ1n) is 6.31. The standard InChI is InChI=1S/C15H15N3O2/c1-9-13(15(19)20-3)17-14(16-9)11-8-18(2)12-7-5-4-6-10(11)12/h4-8H,1-3H3,(H,16,17). The molecular formula is C15H15N3O2. The van der Waals surface area contributed by atoms with Crippen LogP contribution in [0.15, 0.2) is 30.5 Å². The van der Waals surface area contributed by atoms with Gasteiger partial charge in [-0.05, 0) is 13.0 Å². The number of aromatic amines is 1. The molecule has 0 saturated carbocycles. The summed E-state index contributed by atoms with van der Waals surface area (Å²) >= 11 is 0. The fourth-order valence-corrected chi connectivity index (χ4v) is 2.41. The Morgan fingerprint density at radius 1 is 1.35 bits per heavy atom. The average molecular weight is 269 g/mol. The van der Waals surface area contributed by atoms with E-state index in [1.54, 1.807) is 0 Å². The molecule has 2 heterocycles. The first kappa shape index (κ1) is 12.5. The second-order valence-corrected chi connectivity index (χ2v) is 4.72. The van der Waals surface area contributed by atoms with Crippen LogP contribution in [-0.2, 0) is 11.8 Å². The number of rotatable bonds is 2. The minimum absolute atomic E-state index is 0.329.